The first-order valence-corrected chi connectivity index (χ1v) is 8.23. The quantitative estimate of drug-likeness (QED) is 0.718. The molecule has 3 rings (SSSR count). The Morgan fingerprint density at radius 3 is 2.43 bits per heavy atom. The highest BCUT2D eigenvalue weighted by molar-refractivity contribution is 7.11. The fourth-order valence-corrected chi connectivity index (χ4v) is 3.43. The summed E-state index contributed by atoms with van der Waals surface area (Å²) in [5.74, 6) is 0. The molecule has 0 radical (unpaired) electrons. The van der Waals surface area contributed by atoms with Crippen LogP contribution in [0.2, 0.25) is 4.34 Å². The van der Waals surface area contributed by atoms with Crippen LogP contribution in [0, 0.1) is 11.3 Å². The van der Waals surface area contributed by atoms with E-state index in [2.05, 4.69) is 18.2 Å². The second-order valence-electron chi connectivity index (χ2n) is 5.22. The van der Waals surface area contributed by atoms with E-state index in [9.17, 15) is 4.79 Å². The highest BCUT2D eigenvalue weighted by Gasteiger charge is 2.04. The Balaban J connectivity index is 1.73. The van der Waals surface area contributed by atoms with Crippen LogP contribution in [0.1, 0.15) is 22.3 Å². The maximum atomic E-state index is 11.7. The third-order valence-corrected chi connectivity index (χ3v) is 4.63. The Hall–Kier alpha value is -2.35. The molecule has 0 aliphatic carbocycles. The van der Waals surface area contributed by atoms with Gasteiger partial charge in [0.2, 0.25) is 0 Å². The van der Waals surface area contributed by atoms with Crippen molar-refractivity contribution < 1.29 is 0 Å². The van der Waals surface area contributed by atoms with Crippen LogP contribution in [-0.2, 0) is 13.0 Å². The number of rotatable bonds is 4. The van der Waals surface area contributed by atoms with Gasteiger partial charge in [-0.05, 0) is 46.8 Å². The summed E-state index contributed by atoms with van der Waals surface area (Å²) in [7, 11) is 0. The molecule has 0 unspecified atom stereocenters. The molecule has 0 saturated carbocycles. The molecular weight excluding hydrogens is 328 g/mol. The summed E-state index contributed by atoms with van der Waals surface area (Å²) in [6.07, 6.45) is 0.778. The maximum absolute atomic E-state index is 11.7. The second-order valence-corrected chi connectivity index (χ2v) is 6.91. The van der Waals surface area contributed by atoms with Gasteiger partial charge in [-0.3, -0.25) is 8.75 Å². The molecular formula is C18H13ClN2OS. The van der Waals surface area contributed by atoms with Crippen molar-refractivity contribution in [3.8, 4) is 6.07 Å². The van der Waals surface area contributed by atoms with E-state index in [0.717, 1.165) is 17.5 Å². The number of benzene rings is 2. The van der Waals surface area contributed by atoms with Crippen molar-refractivity contribution in [2.75, 3.05) is 0 Å². The van der Waals surface area contributed by atoms with E-state index in [1.165, 1.54) is 23.2 Å². The Bertz CT molecular complexity index is 919. The molecule has 3 nitrogen and oxygen atoms in total. The molecule has 5 heteroatoms. The summed E-state index contributed by atoms with van der Waals surface area (Å²) in [4.78, 5) is 11.7. The summed E-state index contributed by atoms with van der Waals surface area (Å²) >= 11 is 7.11. The van der Waals surface area contributed by atoms with Crippen LogP contribution in [0.15, 0.2) is 59.4 Å². The largest absolute Gasteiger partial charge is 0.268 e. The predicted octanol–water partition coefficient (Wildman–Crippen LogP) is 4.07. The molecule has 0 spiro atoms. The smallest absolute Gasteiger partial charge is 0.262 e. The number of halogens is 1. The lowest BCUT2D eigenvalue weighted by atomic mass is 10.0. The van der Waals surface area contributed by atoms with Crippen molar-refractivity contribution >= 4 is 23.1 Å². The maximum Gasteiger partial charge on any atom is 0.262 e. The molecule has 1 heterocycles. The lowest BCUT2D eigenvalue weighted by Crippen LogP contribution is -2.12. The van der Waals surface area contributed by atoms with E-state index in [0.29, 0.717) is 16.4 Å². The zero-order valence-electron chi connectivity index (χ0n) is 12.2. The number of nitriles is 1. The highest BCUT2D eigenvalue weighted by atomic mass is 35.5. The number of aromatic nitrogens is 1. The minimum atomic E-state index is -0.0719. The van der Waals surface area contributed by atoms with Crippen molar-refractivity contribution in [2.24, 2.45) is 0 Å². The van der Waals surface area contributed by atoms with Gasteiger partial charge in [0.25, 0.3) is 5.56 Å². The standard InChI is InChI=1S/C18H13ClN2OS/c19-17-10-18(22)21(23-17)12-14-6-4-13(5-7-14)8-15-2-1-3-16(9-15)11-20/h1-7,9-10H,8,12H2. The van der Waals surface area contributed by atoms with Crippen molar-refractivity contribution in [3.05, 3.63) is 91.5 Å². The predicted molar refractivity (Wildman–Crippen MR) is 93.1 cm³/mol. The van der Waals surface area contributed by atoms with Crippen LogP contribution in [0.5, 0.6) is 0 Å². The van der Waals surface area contributed by atoms with Gasteiger partial charge in [0.15, 0.2) is 0 Å². The van der Waals surface area contributed by atoms with E-state index in [-0.39, 0.29) is 5.56 Å². The molecule has 0 atom stereocenters. The van der Waals surface area contributed by atoms with Gasteiger partial charge in [-0.2, -0.15) is 5.26 Å². The van der Waals surface area contributed by atoms with Crippen molar-refractivity contribution in [1.82, 2.24) is 3.96 Å². The van der Waals surface area contributed by atoms with Gasteiger partial charge in [-0.1, -0.05) is 48.0 Å². The summed E-state index contributed by atoms with van der Waals surface area (Å²) in [5.41, 5.74) is 3.93. The average molecular weight is 341 g/mol. The number of nitrogens with zero attached hydrogens (tertiary/aromatic N) is 2. The van der Waals surface area contributed by atoms with Gasteiger partial charge in [0, 0.05) is 6.07 Å². The Kier molecular flexibility index (Phi) is 4.61. The van der Waals surface area contributed by atoms with E-state index >= 15 is 0 Å². The topological polar surface area (TPSA) is 45.8 Å². The normalized spacial score (nSPS) is 10.4. The molecule has 2 aromatic carbocycles. The first-order valence-electron chi connectivity index (χ1n) is 7.07. The molecule has 0 aliphatic heterocycles. The molecule has 0 fully saturated rings. The third kappa shape index (κ3) is 3.89. The summed E-state index contributed by atoms with van der Waals surface area (Å²) in [6.45, 7) is 0.528. The van der Waals surface area contributed by atoms with Crippen LogP contribution in [0.3, 0.4) is 0 Å². The molecule has 3 aromatic rings. The van der Waals surface area contributed by atoms with Crippen LogP contribution >= 0.6 is 23.1 Å². The molecule has 0 amide bonds. The van der Waals surface area contributed by atoms with E-state index in [1.807, 2.05) is 30.3 Å². The van der Waals surface area contributed by atoms with Gasteiger partial charge < -0.3 is 0 Å². The Morgan fingerprint density at radius 1 is 1.04 bits per heavy atom. The Labute approximate surface area is 143 Å². The van der Waals surface area contributed by atoms with Crippen molar-refractivity contribution in [2.45, 2.75) is 13.0 Å². The average Bonchev–Trinajstić information content (AvgIpc) is 2.87. The minimum Gasteiger partial charge on any atom is -0.268 e. The molecule has 0 aliphatic rings. The number of hydrogen-bond donors (Lipinski definition) is 0. The van der Waals surface area contributed by atoms with Crippen LogP contribution in [0.4, 0.5) is 0 Å². The molecule has 23 heavy (non-hydrogen) atoms. The van der Waals surface area contributed by atoms with E-state index < -0.39 is 0 Å². The van der Waals surface area contributed by atoms with Crippen LogP contribution < -0.4 is 5.56 Å². The first-order chi connectivity index (χ1) is 11.1. The molecule has 0 N–H and O–H groups in total. The molecule has 114 valence electrons. The Morgan fingerprint density at radius 2 is 1.78 bits per heavy atom. The van der Waals surface area contributed by atoms with Crippen molar-refractivity contribution in [3.63, 3.8) is 0 Å². The monoisotopic (exact) mass is 340 g/mol. The lowest BCUT2D eigenvalue weighted by Gasteiger charge is -2.05. The third-order valence-electron chi connectivity index (χ3n) is 3.49. The van der Waals surface area contributed by atoms with Gasteiger partial charge >= 0.3 is 0 Å². The summed E-state index contributed by atoms with van der Waals surface area (Å²) in [5, 5.41) is 8.94. The summed E-state index contributed by atoms with van der Waals surface area (Å²) < 4.78 is 2.14. The van der Waals surface area contributed by atoms with Gasteiger partial charge in [-0.25, -0.2) is 0 Å². The lowest BCUT2D eigenvalue weighted by molar-refractivity contribution is 0.848. The van der Waals surface area contributed by atoms with Gasteiger partial charge in [-0.15, -0.1) is 0 Å². The zero-order valence-corrected chi connectivity index (χ0v) is 13.8. The first kappa shape index (κ1) is 15.5. The van der Waals surface area contributed by atoms with Crippen molar-refractivity contribution in [1.29, 1.82) is 5.26 Å². The SMILES string of the molecule is N#Cc1cccc(Cc2ccc(Cn3sc(Cl)cc3=O)cc2)c1. The van der Waals surface area contributed by atoms with Crippen LogP contribution in [-0.4, -0.2) is 3.96 Å². The fraction of sp³-hybridized carbons (Fsp3) is 0.111. The number of hydrogen-bond acceptors (Lipinski definition) is 3. The second kappa shape index (κ2) is 6.82. The van der Waals surface area contributed by atoms with Crippen LogP contribution in [0.25, 0.3) is 0 Å². The van der Waals surface area contributed by atoms with Gasteiger partial charge in [0.1, 0.15) is 4.34 Å². The highest BCUT2D eigenvalue weighted by Crippen LogP contribution is 2.16. The minimum absolute atomic E-state index is 0.0719. The van der Waals surface area contributed by atoms with E-state index in [4.69, 9.17) is 16.9 Å². The molecule has 1 aromatic heterocycles. The molecule has 0 bridgehead atoms. The van der Waals surface area contributed by atoms with Gasteiger partial charge in [0.05, 0.1) is 18.2 Å². The van der Waals surface area contributed by atoms with E-state index in [1.54, 1.807) is 10.0 Å². The molecule has 0 saturated heterocycles. The zero-order chi connectivity index (χ0) is 16.2. The fourth-order valence-electron chi connectivity index (χ4n) is 2.37. The summed E-state index contributed by atoms with van der Waals surface area (Å²) in [6, 6.07) is 19.3.